The van der Waals surface area contributed by atoms with Crippen molar-refractivity contribution in [2.24, 2.45) is 5.92 Å². The maximum absolute atomic E-state index is 12.3. The minimum Gasteiger partial charge on any atom is -0.396 e. The topological polar surface area (TPSA) is 58.4 Å². The van der Waals surface area contributed by atoms with Gasteiger partial charge in [0.1, 0.15) is 0 Å². The van der Waals surface area contributed by atoms with Gasteiger partial charge in [-0.05, 0) is 31.0 Å². The van der Waals surface area contributed by atoms with Crippen LogP contribution in [0.25, 0.3) is 10.9 Å². The predicted molar refractivity (Wildman–Crippen MR) is 77.6 cm³/mol. The third kappa shape index (κ3) is 2.59. The molecular weight excluding hydrogens is 254 g/mol. The molecule has 1 aromatic heterocycles. The summed E-state index contributed by atoms with van der Waals surface area (Å²) in [5, 5.41) is 9.81. The van der Waals surface area contributed by atoms with Gasteiger partial charge in [0.15, 0.2) is 0 Å². The quantitative estimate of drug-likeness (QED) is 0.891. The molecule has 1 N–H and O–H groups in total. The smallest absolute Gasteiger partial charge is 0.261 e. The van der Waals surface area contributed by atoms with E-state index in [2.05, 4.69) is 9.88 Å². The molecule has 1 unspecified atom stereocenters. The molecule has 5 heteroatoms. The largest absolute Gasteiger partial charge is 0.396 e. The third-order valence-electron chi connectivity index (χ3n) is 4.02. The Labute approximate surface area is 117 Å². The van der Waals surface area contributed by atoms with Crippen LogP contribution in [0.5, 0.6) is 0 Å². The molecule has 1 saturated heterocycles. The molecular formula is C15H19N3O2. The minimum absolute atomic E-state index is 0.0218. The van der Waals surface area contributed by atoms with Crippen molar-refractivity contribution >= 4 is 10.9 Å². The van der Waals surface area contributed by atoms with E-state index in [1.54, 1.807) is 10.9 Å². The second kappa shape index (κ2) is 5.73. The summed E-state index contributed by atoms with van der Waals surface area (Å²) in [5.74, 6) is 0.390. The fraction of sp³-hybridized carbons (Fsp3) is 0.467. The van der Waals surface area contributed by atoms with Crippen LogP contribution >= 0.6 is 0 Å². The van der Waals surface area contributed by atoms with Gasteiger partial charge < -0.3 is 10.0 Å². The van der Waals surface area contributed by atoms with Crippen molar-refractivity contribution in [2.45, 2.75) is 13.0 Å². The van der Waals surface area contributed by atoms with E-state index in [1.807, 2.05) is 24.3 Å². The predicted octanol–water partition coefficient (Wildman–Crippen LogP) is 0.711. The maximum Gasteiger partial charge on any atom is 0.261 e. The molecule has 0 radical (unpaired) electrons. The molecule has 0 saturated carbocycles. The lowest BCUT2D eigenvalue weighted by Gasteiger charge is -2.16. The number of para-hydroxylation sites is 1. The fourth-order valence-electron chi connectivity index (χ4n) is 2.78. The normalized spacial score (nSPS) is 19.8. The zero-order valence-corrected chi connectivity index (χ0v) is 11.4. The van der Waals surface area contributed by atoms with Crippen molar-refractivity contribution in [1.29, 1.82) is 0 Å². The zero-order valence-electron chi connectivity index (χ0n) is 11.4. The Morgan fingerprint density at radius 3 is 2.95 bits per heavy atom. The maximum atomic E-state index is 12.3. The molecule has 106 valence electrons. The lowest BCUT2D eigenvalue weighted by molar-refractivity contribution is 0.220. The van der Waals surface area contributed by atoms with Crippen LogP contribution in [-0.2, 0) is 6.54 Å². The molecule has 0 spiro atoms. The minimum atomic E-state index is 0.0218. The van der Waals surface area contributed by atoms with E-state index in [4.69, 9.17) is 5.11 Å². The number of fused-ring (bicyclic) bond motifs is 1. The Hall–Kier alpha value is -1.72. The van der Waals surface area contributed by atoms with Crippen molar-refractivity contribution in [2.75, 3.05) is 26.2 Å². The van der Waals surface area contributed by atoms with Gasteiger partial charge in [-0.25, -0.2) is 4.98 Å². The lowest BCUT2D eigenvalue weighted by atomic mass is 10.1. The molecule has 5 nitrogen and oxygen atoms in total. The van der Waals surface area contributed by atoms with Crippen molar-refractivity contribution < 1.29 is 5.11 Å². The van der Waals surface area contributed by atoms with Gasteiger partial charge in [-0.2, -0.15) is 0 Å². The van der Waals surface area contributed by atoms with Gasteiger partial charge in [0.25, 0.3) is 5.56 Å². The van der Waals surface area contributed by atoms with E-state index in [9.17, 15) is 4.79 Å². The summed E-state index contributed by atoms with van der Waals surface area (Å²) in [5.41, 5.74) is 0.767. The number of benzene rings is 1. The monoisotopic (exact) mass is 273 g/mol. The summed E-state index contributed by atoms with van der Waals surface area (Å²) in [6.45, 7) is 3.66. The van der Waals surface area contributed by atoms with Crippen LogP contribution in [0.4, 0.5) is 0 Å². The van der Waals surface area contributed by atoms with Gasteiger partial charge in [0, 0.05) is 26.2 Å². The number of aliphatic hydroxyl groups excluding tert-OH is 1. The first-order valence-corrected chi connectivity index (χ1v) is 7.05. The van der Waals surface area contributed by atoms with E-state index in [0.29, 0.717) is 17.8 Å². The first-order valence-electron chi connectivity index (χ1n) is 7.05. The van der Waals surface area contributed by atoms with Crippen molar-refractivity contribution in [3.63, 3.8) is 0 Å². The Kier molecular flexibility index (Phi) is 3.80. The molecule has 1 aliphatic rings. The van der Waals surface area contributed by atoms with E-state index in [0.717, 1.165) is 31.6 Å². The fourth-order valence-corrected chi connectivity index (χ4v) is 2.78. The number of rotatable bonds is 4. The summed E-state index contributed by atoms with van der Waals surface area (Å²) in [4.78, 5) is 18.9. The Balaban J connectivity index is 1.72. The van der Waals surface area contributed by atoms with Crippen LogP contribution in [0.3, 0.4) is 0 Å². The first kappa shape index (κ1) is 13.3. The Morgan fingerprint density at radius 2 is 2.15 bits per heavy atom. The summed E-state index contributed by atoms with van der Waals surface area (Å²) >= 11 is 0. The molecule has 1 atom stereocenters. The van der Waals surface area contributed by atoms with Crippen molar-refractivity contribution in [1.82, 2.24) is 14.5 Å². The molecule has 3 rings (SSSR count). The summed E-state index contributed by atoms with van der Waals surface area (Å²) < 4.78 is 1.68. The zero-order chi connectivity index (χ0) is 13.9. The first-order chi connectivity index (χ1) is 9.78. The average molecular weight is 273 g/mol. The van der Waals surface area contributed by atoms with Crippen LogP contribution < -0.4 is 5.56 Å². The number of hydrogen-bond acceptors (Lipinski definition) is 4. The molecule has 1 fully saturated rings. The standard InChI is InChI=1S/C15H19N3O2/c19-10-12-5-6-17(9-12)7-8-18-11-16-14-4-2-1-3-13(14)15(18)20/h1-4,11-12,19H,5-10H2. The summed E-state index contributed by atoms with van der Waals surface area (Å²) in [6, 6.07) is 7.42. The second-order valence-corrected chi connectivity index (χ2v) is 5.40. The van der Waals surface area contributed by atoms with Gasteiger partial charge in [-0.1, -0.05) is 12.1 Å². The molecule has 1 aromatic carbocycles. The number of aliphatic hydroxyl groups is 1. The van der Waals surface area contributed by atoms with Crippen LogP contribution in [0, 0.1) is 5.92 Å². The highest BCUT2D eigenvalue weighted by molar-refractivity contribution is 5.76. The Bertz CT molecular complexity index is 653. The van der Waals surface area contributed by atoms with Crippen LogP contribution in [-0.4, -0.2) is 45.8 Å². The highest BCUT2D eigenvalue weighted by atomic mass is 16.3. The highest BCUT2D eigenvalue weighted by Crippen LogP contribution is 2.14. The van der Waals surface area contributed by atoms with E-state index in [-0.39, 0.29) is 12.2 Å². The lowest BCUT2D eigenvalue weighted by Crippen LogP contribution is -2.30. The number of hydrogen-bond donors (Lipinski definition) is 1. The second-order valence-electron chi connectivity index (χ2n) is 5.40. The SMILES string of the molecule is O=c1c2ccccc2ncn1CCN1CCC(CO)C1. The molecule has 0 aliphatic carbocycles. The highest BCUT2D eigenvalue weighted by Gasteiger charge is 2.21. The summed E-state index contributed by atoms with van der Waals surface area (Å²) in [7, 11) is 0. The van der Waals surface area contributed by atoms with Gasteiger partial charge in [-0.15, -0.1) is 0 Å². The van der Waals surface area contributed by atoms with E-state index in [1.165, 1.54) is 0 Å². The van der Waals surface area contributed by atoms with E-state index < -0.39 is 0 Å². The van der Waals surface area contributed by atoms with Crippen LogP contribution in [0.2, 0.25) is 0 Å². The van der Waals surface area contributed by atoms with Gasteiger partial charge in [0.2, 0.25) is 0 Å². The van der Waals surface area contributed by atoms with Crippen molar-refractivity contribution in [3.8, 4) is 0 Å². The number of nitrogens with zero attached hydrogens (tertiary/aromatic N) is 3. The third-order valence-corrected chi connectivity index (χ3v) is 4.02. The molecule has 2 aromatic rings. The molecule has 1 aliphatic heterocycles. The molecule has 0 bridgehead atoms. The van der Waals surface area contributed by atoms with Gasteiger partial charge in [-0.3, -0.25) is 9.36 Å². The number of aromatic nitrogens is 2. The van der Waals surface area contributed by atoms with Gasteiger partial charge in [0.05, 0.1) is 17.2 Å². The van der Waals surface area contributed by atoms with Crippen LogP contribution in [0.1, 0.15) is 6.42 Å². The van der Waals surface area contributed by atoms with E-state index >= 15 is 0 Å². The van der Waals surface area contributed by atoms with Crippen LogP contribution in [0.15, 0.2) is 35.4 Å². The molecule has 2 heterocycles. The number of likely N-dealkylation sites (tertiary alicyclic amines) is 1. The Morgan fingerprint density at radius 1 is 1.30 bits per heavy atom. The summed E-state index contributed by atoms with van der Waals surface area (Å²) in [6.07, 6.45) is 2.67. The average Bonchev–Trinajstić information content (AvgIpc) is 2.95. The van der Waals surface area contributed by atoms with Gasteiger partial charge >= 0.3 is 0 Å². The van der Waals surface area contributed by atoms with Crippen molar-refractivity contribution in [3.05, 3.63) is 40.9 Å². The molecule has 0 amide bonds. The molecule has 20 heavy (non-hydrogen) atoms.